The number of hydrogen-bond acceptors (Lipinski definition) is 6. The smallest absolute Gasteiger partial charge is 0.272 e. The number of halogens is 1. The third-order valence-electron chi connectivity index (χ3n) is 7.06. The number of hydrogen-bond donors (Lipinski definition) is 3. The van der Waals surface area contributed by atoms with Crippen LogP contribution in [0.2, 0.25) is 5.02 Å². The Morgan fingerprint density at radius 1 is 0.750 bits per heavy atom. The molecule has 0 saturated heterocycles. The average molecular weight is 678 g/mol. The summed E-state index contributed by atoms with van der Waals surface area (Å²) in [4.78, 5) is 40.9. The molecule has 5 aromatic carbocycles. The first kappa shape index (κ1) is 33.8. The van der Waals surface area contributed by atoms with Crippen molar-refractivity contribution in [2.75, 3.05) is 24.9 Å². The molecule has 0 aromatic heterocycles. The molecule has 0 fully saturated rings. The van der Waals surface area contributed by atoms with E-state index in [9.17, 15) is 14.4 Å². The molecule has 0 saturated carbocycles. The second kappa shape index (κ2) is 16.4. The highest BCUT2D eigenvalue weighted by Crippen LogP contribution is 2.38. The van der Waals surface area contributed by atoms with Gasteiger partial charge in [-0.25, -0.2) is 0 Å². The van der Waals surface area contributed by atoms with Crippen LogP contribution in [-0.2, 0) is 9.59 Å². The summed E-state index contributed by atoms with van der Waals surface area (Å²) >= 11 is 7.52. The molecule has 3 amide bonds. The van der Waals surface area contributed by atoms with Gasteiger partial charge in [-0.2, -0.15) is 0 Å². The van der Waals surface area contributed by atoms with Crippen molar-refractivity contribution in [3.05, 3.63) is 155 Å². The van der Waals surface area contributed by atoms with E-state index in [1.807, 2.05) is 42.5 Å². The molecule has 0 radical (unpaired) electrons. The van der Waals surface area contributed by atoms with Crippen LogP contribution in [-0.4, -0.2) is 31.9 Å². The average Bonchev–Trinajstić information content (AvgIpc) is 3.11. The van der Waals surface area contributed by atoms with Gasteiger partial charge in [-0.15, -0.1) is 11.8 Å². The minimum Gasteiger partial charge on any atom is -0.497 e. The molecule has 242 valence electrons. The fourth-order valence-electron chi connectivity index (χ4n) is 4.67. The summed E-state index contributed by atoms with van der Waals surface area (Å²) in [6.45, 7) is 0. The molecule has 1 atom stereocenters. The molecule has 0 aliphatic heterocycles. The molecule has 0 aliphatic carbocycles. The minimum absolute atomic E-state index is 0.0401. The second-order valence-electron chi connectivity index (χ2n) is 10.4. The van der Waals surface area contributed by atoms with Gasteiger partial charge < -0.3 is 25.4 Å². The number of ether oxygens (including phenoxy) is 2. The minimum atomic E-state index is -0.608. The van der Waals surface area contributed by atoms with E-state index in [2.05, 4.69) is 16.0 Å². The van der Waals surface area contributed by atoms with Crippen molar-refractivity contribution in [3.63, 3.8) is 0 Å². The largest absolute Gasteiger partial charge is 0.497 e. The summed E-state index contributed by atoms with van der Waals surface area (Å²) in [7, 11) is 3.09. The van der Waals surface area contributed by atoms with E-state index in [-0.39, 0.29) is 11.6 Å². The van der Waals surface area contributed by atoms with Gasteiger partial charge in [0.05, 0.1) is 19.9 Å². The van der Waals surface area contributed by atoms with Crippen molar-refractivity contribution in [2.24, 2.45) is 0 Å². The quantitative estimate of drug-likeness (QED) is 0.0908. The summed E-state index contributed by atoms with van der Waals surface area (Å²) < 4.78 is 10.8. The van der Waals surface area contributed by atoms with Gasteiger partial charge in [-0.05, 0) is 77.9 Å². The Hall–Kier alpha value is -5.51. The number of rotatable bonds is 12. The fraction of sp³-hybridized carbons (Fsp3) is 0.0789. The predicted molar refractivity (Wildman–Crippen MR) is 192 cm³/mol. The van der Waals surface area contributed by atoms with Crippen LogP contribution in [0.1, 0.15) is 26.7 Å². The Kier molecular flexibility index (Phi) is 11.5. The molecular weight excluding hydrogens is 646 g/mol. The lowest BCUT2D eigenvalue weighted by Crippen LogP contribution is -2.30. The summed E-state index contributed by atoms with van der Waals surface area (Å²) in [6.07, 6.45) is 1.56. The zero-order valence-corrected chi connectivity index (χ0v) is 27.7. The van der Waals surface area contributed by atoms with E-state index in [4.69, 9.17) is 21.1 Å². The maximum absolute atomic E-state index is 13.7. The van der Waals surface area contributed by atoms with Crippen molar-refractivity contribution >= 4 is 58.5 Å². The van der Waals surface area contributed by atoms with Gasteiger partial charge in [-0.1, -0.05) is 72.3 Å². The maximum Gasteiger partial charge on any atom is 0.272 e. The number of thioether (sulfide) groups is 1. The topological polar surface area (TPSA) is 106 Å². The number of carbonyl (C=O) groups is 3. The lowest BCUT2D eigenvalue weighted by Gasteiger charge is -2.19. The van der Waals surface area contributed by atoms with Gasteiger partial charge in [0, 0.05) is 27.2 Å². The molecule has 10 heteroatoms. The Morgan fingerprint density at radius 2 is 1.46 bits per heavy atom. The van der Waals surface area contributed by atoms with E-state index in [0.29, 0.717) is 39.0 Å². The number of methoxy groups -OCH3 is 2. The molecular formula is C38H32ClN3O5S. The molecule has 8 nitrogen and oxygen atoms in total. The summed E-state index contributed by atoms with van der Waals surface area (Å²) in [5.74, 6) is -0.112. The van der Waals surface area contributed by atoms with Crippen molar-refractivity contribution < 1.29 is 23.9 Å². The normalized spacial score (nSPS) is 11.6. The third kappa shape index (κ3) is 9.06. The highest BCUT2D eigenvalue weighted by Gasteiger charge is 2.24. The van der Waals surface area contributed by atoms with Crippen LogP contribution in [0.25, 0.3) is 6.08 Å². The molecule has 5 aromatic rings. The van der Waals surface area contributed by atoms with E-state index in [0.717, 1.165) is 10.5 Å². The van der Waals surface area contributed by atoms with Gasteiger partial charge in [0.1, 0.15) is 22.4 Å². The Bertz CT molecular complexity index is 1920. The number of amides is 3. The zero-order valence-electron chi connectivity index (χ0n) is 26.1. The zero-order chi connectivity index (χ0) is 33.9. The van der Waals surface area contributed by atoms with E-state index in [1.54, 1.807) is 98.1 Å². The molecule has 3 N–H and O–H groups in total. The maximum atomic E-state index is 13.7. The Morgan fingerprint density at radius 3 is 2.12 bits per heavy atom. The molecule has 0 spiro atoms. The first-order chi connectivity index (χ1) is 23.3. The number of nitrogens with one attached hydrogen (secondary N) is 3. The van der Waals surface area contributed by atoms with E-state index in [1.165, 1.54) is 18.9 Å². The van der Waals surface area contributed by atoms with Crippen LogP contribution in [0.15, 0.2) is 138 Å². The van der Waals surface area contributed by atoms with Crippen LogP contribution in [0, 0.1) is 0 Å². The predicted octanol–water partition coefficient (Wildman–Crippen LogP) is 8.24. The van der Waals surface area contributed by atoms with Gasteiger partial charge >= 0.3 is 0 Å². The molecule has 1 unspecified atom stereocenters. The van der Waals surface area contributed by atoms with Crippen molar-refractivity contribution in [1.82, 2.24) is 5.32 Å². The molecule has 48 heavy (non-hydrogen) atoms. The Balaban J connectivity index is 1.34. The summed E-state index contributed by atoms with van der Waals surface area (Å²) in [5, 5.41) is 8.45. The Labute approximate surface area is 288 Å². The monoisotopic (exact) mass is 677 g/mol. The molecule has 0 bridgehead atoms. The van der Waals surface area contributed by atoms with E-state index < -0.39 is 17.1 Å². The van der Waals surface area contributed by atoms with Gasteiger partial charge in [-0.3, -0.25) is 14.4 Å². The summed E-state index contributed by atoms with van der Waals surface area (Å²) in [5.41, 5.74) is 2.89. The first-order valence-corrected chi connectivity index (χ1v) is 16.1. The van der Waals surface area contributed by atoms with Gasteiger partial charge in [0.2, 0.25) is 5.91 Å². The molecule has 5 rings (SSSR count). The van der Waals surface area contributed by atoms with Crippen LogP contribution in [0.3, 0.4) is 0 Å². The van der Waals surface area contributed by atoms with Crippen LogP contribution in [0.5, 0.6) is 11.5 Å². The van der Waals surface area contributed by atoms with Gasteiger partial charge in [0.25, 0.3) is 11.8 Å². The fourth-order valence-corrected chi connectivity index (χ4v) is 5.89. The number of carbonyl (C=O) groups excluding carboxylic acids is 3. The van der Waals surface area contributed by atoms with Crippen LogP contribution < -0.4 is 25.4 Å². The standard InChI is InChI=1S/C38H32ClN3O5S/c1-46-30-18-21-34(47-2)32(24-30)41-38(45)35(26-11-5-3-6-12-26)48-31-19-16-29(17-20-31)40-37(44)33(23-25-10-9-15-28(39)22-25)42-36(43)27-13-7-4-8-14-27/h3-24,35H,1-2H3,(H,40,44)(H,41,45)(H,42,43)/b33-23-. The SMILES string of the molecule is COc1ccc(OC)c(NC(=O)C(Sc2ccc(NC(=O)/C(=C/c3cccc(Cl)c3)NC(=O)c3ccccc3)cc2)c2ccccc2)c1. The van der Waals surface area contributed by atoms with Crippen molar-refractivity contribution in [1.29, 1.82) is 0 Å². The van der Waals surface area contributed by atoms with Gasteiger partial charge in [0.15, 0.2) is 0 Å². The highest BCUT2D eigenvalue weighted by atomic mass is 35.5. The number of anilines is 2. The van der Waals surface area contributed by atoms with Crippen molar-refractivity contribution in [3.8, 4) is 11.5 Å². The van der Waals surface area contributed by atoms with Crippen LogP contribution >= 0.6 is 23.4 Å². The second-order valence-corrected chi connectivity index (χ2v) is 12.0. The number of benzene rings is 5. The highest BCUT2D eigenvalue weighted by molar-refractivity contribution is 8.00. The lowest BCUT2D eigenvalue weighted by atomic mass is 10.1. The lowest BCUT2D eigenvalue weighted by molar-refractivity contribution is -0.116. The summed E-state index contributed by atoms with van der Waals surface area (Å²) in [6, 6.07) is 37.3. The third-order valence-corrected chi connectivity index (χ3v) is 8.56. The molecule has 0 heterocycles. The van der Waals surface area contributed by atoms with E-state index >= 15 is 0 Å². The molecule has 0 aliphatic rings. The van der Waals surface area contributed by atoms with Crippen LogP contribution in [0.4, 0.5) is 11.4 Å². The van der Waals surface area contributed by atoms with Crippen molar-refractivity contribution in [2.45, 2.75) is 10.1 Å². The first-order valence-electron chi connectivity index (χ1n) is 14.8.